The van der Waals surface area contributed by atoms with Crippen LogP contribution < -0.4 is 5.32 Å². The third kappa shape index (κ3) is 3.20. The van der Waals surface area contributed by atoms with E-state index in [0.717, 1.165) is 31.9 Å². The van der Waals surface area contributed by atoms with Gasteiger partial charge in [-0.2, -0.15) is 0 Å². The minimum absolute atomic E-state index is 0.205. The van der Waals surface area contributed by atoms with Gasteiger partial charge in [-0.25, -0.2) is 0 Å². The molecule has 1 aliphatic heterocycles. The zero-order valence-corrected chi connectivity index (χ0v) is 13.7. The molecule has 1 saturated carbocycles. The number of hydrogen-bond acceptors (Lipinski definition) is 3. The summed E-state index contributed by atoms with van der Waals surface area (Å²) in [5.41, 5.74) is 0.205. The lowest BCUT2D eigenvalue weighted by Gasteiger charge is -2.51. The number of allylic oxidation sites excluding steroid dienone is 1. The molecule has 0 saturated heterocycles. The highest BCUT2D eigenvalue weighted by Crippen LogP contribution is 2.40. The molecule has 1 fully saturated rings. The van der Waals surface area contributed by atoms with Gasteiger partial charge in [0.1, 0.15) is 5.76 Å². The van der Waals surface area contributed by atoms with Crippen LogP contribution in [0.5, 0.6) is 0 Å². The van der Waals surface area contributed by atoms with Gasteiger partial charge in [-0.1, -0.05) is 26.7 Å². The number of nitrogens with zero attached hydrogens (tertiary/aromatic N) is 1. The Bertz CT molecular complexity index is 340. The summed E-state index contributed by atoms with van der Waals surface area (Å²) < 4.78 is 6.03. The van der Waals surface area contributed by atoms with Gasteiger partial charge in [0, 0.05) is 5.54 Å². The molecule has 0 bridgehead atoms. The Labute approximate surface area is 124 Å². The first-order valence-electron chi connectivity index (χ1n) is 8.34. The van der Waals surface area contributed by atoms with E-state index in [-0.39, 0.29) is 5.54 Å². The van der Waals surface area contributed by atoms with Gasteiger partial charge in [0.25, 0.3) is 0 Å². The number of likely N-dealkylation sites (N-methyl/N-ethyl adjacent to an activating group) is 2. The van der Waals surface area contributed by atoms with Crippen LogP contribution in [0.1, 0.15) is 52.4 Å². The number of nitrogens with one attached hydrogen (secondary N) is 1. The molecule has 0 spiro atoms. The van der Waals surface area contributed by atoms with Crippen LogP contribution in [-0.4, -0.2) is 43.7 Å². The van der Waals surface area contributed by atoms with E-state index in [1.54, 1.807) is 0 Å². The molecular weight excluding hydrogens is 248 g/mol. The van der Waals surface area contributed by atoms with E-state index in [1.807, 2.05) is 0 Å². The Morgan fingerprint density at radius 3 is 2.80 bits per heavy atom. The van der Waals surface area contributed by atoms with E-state index in [0.29, 0.717) is 6.04 Å². The highest BCUT2D eigenvalue weighted by atomic mass is 16.5. The molecule has 1 heterocycles. The van der Waals surface area contributed by atoms with E-state index >= 15 is 0 Å². The van der Waals surface area contributed by atoms with Gasteiger partial charge in [-0.05, 0) is 58.3 Å². The summed E-state index contributed by atoms with van der Waals surface area (Å²) in [5.74, 6) is 2.00. The lowest BCUT2D eigenvalue weighted by molar-refractivity contribution is 0.0230. The summed E-state index contributed by atoms with van der Waals surface area (Å²) in [6.45, 7) is 6.48. The first-order valence-corrected chi connectivity index (χ1v) is 8.34. The molecule has 2 aliphatic rings. The van der Waals surface area contributed by atoms with Gasteiger partial charge in [-0.15, -0.1) is 0 Å². The van der Waals surface area contributed by atoms with E-state index < -0.39 is 0 Å². The molecular formula is C17H32N2O. The van der Waals surface area contributed by atoms with E-state index in [2.05, 4.69) is 44.2 Å². The summed E-state index contributed by atoms with van der Waals surface area (Å²) in [5, 5.41) is 3.73. The number of hydrogen-bond donors (Lipinski definition) is 1. The summed E-state index contributed by atoms with van der Waals surface area (Å²) >= 11 is 0. The standard InChI is InChI=1S/C17H32N2O/c1-5-18-16(15-10-6-7-12-20-15)17(19(3)4)11-8-9-14(2)13-17/h10,14,16,18H,5-9,11-13H2,1-4H3. The van der Waals surface area contributed by atoms with Gasteiger partial charge in [0.2, 0.25) is 0 Å². The van der Waals surface area contributed by atoms with Crippen molar-refractivity contribution in [3.05, 3.63) is 11.8 Å². The average Bonchev–Trinajstić information content (AvgIpc) is 2.45. The molecule has 2 rings (SSSR count). The molecule has 1 aliphatic carbocycles. The van der Waals surface area contributed by atoms with Crippen molar-refractivity contribution in [1.82, 2.24) is 10.2 Å². The van der Waals surface area contributed by atoms with Crippen LogP contribution in [0.4, 0.5) is 0 Å². The molecule has 3 heteroatoms. The summed E-state index contributed by atoms with van der Waals surface area (Å²) in [6.07, 6.45) is 9.87. The van der Waals surface area contributed by atoms with E-state index in [4.69, 9.17) is 4.74 Å². The quantitative estimate of drug-likeness (QED) is 0.837. The molecule has 1 N–H and O–H groups in total. The zero-order chi connectivity index (χ0) is 14.6. The van der Waals surface area contributed by atoms with Gasteiger partial charge in [0.15, 0.2) is 0 Å². The largest absolute Gasteiger partial charge is 0.497 e. The first kappa shape index (κ1) is 15.8. The molecule has 0 aromatic rings. The monoisotopic (exact) mass is 280 g/mol. The van der Waals surface area contributed by atoms with Crippen molar-refractivity contribution in [1.29, 1.82) is 0 Å². The fourth-order valence-corrected chi connectivity index (χ4v) is 4.03. The van der Waals surface area contributed by atoms with Crippen molar-refractivity contribution in [2.45, 2.75) is 64.0 Å². The molecule has 0 amide bonds. The van der Waals surface area contributed by atoms with Crippen molar-refractivity contribution in [2.24, 2.45) is 5.92 Å². The smallest absolute Gasteiger partial charge is 0.111 e. The second-order valence-electron chi connectivity index (χ2n) is 6.79. The Morgan fingerprint density at radius 2 is 2.25 bits per heavy atom. The molecule has 3 unspecified atom stereocenters. The second kappa shape index (κ2) is 6.95. The molecule has 3 atom stereocenters. The summed E-state index contributed by atoms with van der Waals surface area (Å²) in [4.78, 5) is 2.45. The maximum atomic E-state index is 6.03. The van der Waals surface area contributed by atoms with Crippen molar-refractivity contribution in [2.75, 3.05) is 27.2 Å². The minimum atomic E-state index is 0.205. The van der Waals surface area contributed by atoms with Crippen molar-refractivity contribution >= 4 is 0 Å². The predicted octanol–water partition coefficient (Wildman–Crippen LogP) is 3.17. The second-order valence-corrected chi connectivity index (χ2v) is 6.79. The van der Waals surface area contributed by atoms with Gasteiger partial charge >= 0.3 is 0 Å². The van der Waals surface area contributed by atoms with Crippen molar-refractivity contribution < 1.29 is 4.74 Å². The molecule has 0 aromatic heterocycles. The Balaban J connectivity index is 2.29. The fraction of sp³-hybridized carbons (Fsp3) is 0.882. The van der Waals surface area contributed by atoms with Gasteiger partial charge < -0.3 is 15.0 Å². The topological polar surface area (TPSA) is 24.5 Å². The van der Waals surface area contributed by atoms with Crippen molar-refractivity contribution in [3.63, 3.8) is 0 Å². The van der Waals surface area contributed by atoms with Crippen LogP contribution in [0.3, 0.4) is 0 Å². The third-order valence-electron chi connectivity index (χ3n) is 5.09. The van der Waals surface area contributed by atoms with Crippen molar-refractivity contribution in [3.8, 4) is 0 Å². The van der Waals surface area contributed by atoms with Crippen LogP contribution in [0.15, 0.2) is 11.8 Å². The Morgan fingerprint density at radius 1 is 1.45 bits per heavy atom. The summed E-state index contributed by atoms with van der Waals surface area (Å²) in [6, 6.07) is 0.338. The Hall–Kier alpha value is -0.540. The van der Waals surface area contributed by atoms with E-state index in [9.17, 15) is 0 Å². The van der Waals surface area contributed by atoms with Crippen LogP contribution in [0, 0.1) is 5.92 Å². The van der Waals surface area contributed by atoms with Crippen LogP contribution in [0.2, 0.25) is 0 Å². The predicted molar refractivity (Wildman–Crippen MR) is 84.8 cm³/mol. The molecule has 3 nitrogen and oxygen atoms in total. The average molecular weight is 280 g/mol. The highest BCUT2D eigenvalue weighted by molar-refractivity contribution is 5.17. The van der Waals surface area contributed by atoms with Crippen LogP contribution in [0.25, 0.3) is 0 Å². The van der Waals surface area contributed by atoms with Gasteiger partial charge in [-0.3, -0.25) is 0 Å². The molecule has 0 aromatic carbocycles. The fourth-order valence-electron chi connectivity index (χ4n) is 4.03. The zero-order valence-electron chi connectivity index (χ0n) is 13.7. The minimum Gasteiger partial charge on any atom is -0.497 e. The van der Waals surface area contributed by atoms with Crippen LogP contribution >= 0.6 is 0 Å². The maximum absolute atomic E-state index is 6.03. The third-order valence-corrected chi connectivity index (χ3v) is 5.09. The molecule has 20 heavy (non-hydrogen) atoms. The lowest BCUT2D eigenvalue weighted by Crippen LogP contribution is -2.62. The molecule has 116 valence electrons. The normalized spacial score (nSPS) is 32.6. The Kier molecular flexibility index (Phi) is 5.50. The first-order chi connectivity index (χ1) is 9.60. The maximum Gasteiger partial charge on any atom is 0.111 e. The van der Waals surface area contributed by atoms with Gasteiger partial charge in [0.05, 0.1) is 12.6 Å². The van der Waals surface area contributed by atoms with E-state index in [1.165, 1.54) is 31.4 Å². The SMILES string of the molecule is CCNC(C1=CCCCO1)C1(N(C)C)CCCC(C)C1. The summed E-state index contributed by atoms with van der Waals surface area (Å²) in [7, 11) is 4.48. The number of rotatable bonds is 5. The van der Waals surface area contributed by atoms with Crippen LogP contribution in [-0.2, 0) is 4.74 Å². The lowest BCUT2D eigenvalue weighted by atomic mass is 9.70. The number of ether oxygens (including phenoxy) is 1. The highest BCUT2D eigenvalue weighted by Gasteiger charge is 2.45. The molecule has 0 radical (unpaired) electrons.